The van der Waals surface area contributed by atoms with Crippen LogP contribution >= 0.6 is 0 Å². The van der Waals surface area contributed by atoms with Crippen molar-refractivity contribution in [3.8, 4) is 0 Å². The molecule has 0 amide bonds. The molecule has 1 saturated heterocycles. The van der Waals surface area contributed by atoms with Gasteiger partial charge in [-0.25, -0.2) is 5.43 Å². The molecule has 5 heteroatoms. The number of nitrogens with two attached hydrogens (primary N) is 1. The first kappa shape index (κ1) is 13.8. The van der Waals surface area contributed by atoms with Crippen LogP contribution in [0.1, 0.15) is 19.3 Å². The Morgan fingerprint density at radius 3 is 3.00 bits per heavy atom. The van der Waals surface area contributed by atoms with Gasteiger partial charge in [-0.05, 0) is 39.4 Å². The largest absolute Gasteiger partial charge is 0.497 e. The third-order valence-corrected chi connectivity index (χ3v) is 4.00. The van der Waals surface area contributed by atoms with Gasteiger partial charge in [0.25, 0.3) is 0 Å². The van der Waals surface area contributed by atoms with Crippen molar-refractivity contribution in [2.45, 2.75) is 31.3 Å². The fourth-order valence-corrected chi connectivity index (χ4v) is 2.71. The van der Waals surface area contributed by atoms with E-state index in [0.29, 0.717) is 6.04 Å². The van der Waals surface area contributed by atoms with E-state index in [0.717, 1.165) is 51.3 Å². The Balaban J connectivity index is 1.94. The summed E-state index contributed by atoms with van der Waals surface area (Å²) in [6.07, 6.45) is 5.41. The number of hydrogen-bond acceptors (Lipinski definition) is 5. The highest BCUT2D eigenvalue weighted by Crippen LogP contribution is 2.19. The smallest absolute Gasteiger partial charge is 0.110 e. The molecule has 2 aliphatic rings. The average Bonchev–Trinajstić information content (AvgIpc) is 2.41. The minimum absolute atomic E-state index is 0.143. The van der Waals surface area contributed by atoms with Crippen LogP contribution in [0.15, 0.2) is 11.8 Å². The Bertz CT molecular complexity index is 295. The van der Waals surface area contributed by atoms with Crippen LogP contribution in [0.4, 0.5) is 0 Å². The second-order valence-electron chi connectivity index (χ2n) is 5.45. The van der Waals surface area contributed by atoms with Crippen molar-refractivity contribution in [2.24, 2.45) is 5.84 Å². The van der Waals surface area contributed by atoms with Gasteiger partial charge in [-0.2, -0.15) is 0 Å². The molecule has 3 N–H and O–H groups in total. The van der Waals surface area contributed by atoms with E-state index < -0.39 is 0 Å². The predicted octanol–water partition coefficient (Wildman–Crippen LogP) is 0.149. The summed E-state index contributed by atoms with van der Waals surface area (Å²) in [5.74, 6) is 6.73. The zero-order valence-corrected chi connectivity index (χ0v) is 11.6. The van der Waals surface area contributed by atoms with Crippen molar-refractivity contribution in [2.75, 3.05) is 40.3 Å². The Kier molecular flexibility index (Phi) is 5.00. The van der Waals surface area contributed by atoms with Crippen LogP contribution in [0, 0.1) is 0 Å². The van der Waals surface area contributed by atoms with Gasteiger partial charge >= 0.3 is 0 Å². The summed E-state index contributed by atoms with van der Waals surface area (Å²) >= 11 is 0. The number of rotatable bonds is 4. The number of hydrazine groups is 1. The molecular weight excluding hydrogens is 228 g/mol. The molecule has 0 aromatic rings. The Labute approximate surface area is 110 Å². The summed E-state index contributed by atoms with van der Waals surface area (Å²) in [6.45, 7) is 4.19. The van der Waals surface area contributed by atoms with Gasteiger partial charge in [0, 0.05) is 25.7 Å². The van der Waals surface area contributed by atoms with Crippen molar-refractivity contribution in [3.05, 3.63) is 11.8 Å². The molecule has 1 fully saturated rings. The Hall–Kier alpha value is -0.620. The molecule has 0 saturated carbocycles. The summed E-state index contributed by atoms with van der Waals surface area (Å²) in [5.41, 5.74) is 2.92. The summed E-state index contributed by atoms with van der Waals surface area (Å²) < 4.78 is 5.72. The van der Waals surface area contributed by atoms with Crippen molar-refractivity contribution in [3.63, 3.8) is 0 Å². The molecule has 0 aliphatic carbocycles. The van der Waals surface area contributed by atoms with Crippen LogP contribution in [-0.2, 0) is 4.74 Å². The van der Waals surface area contributed by atoms with Crippen molar-refractivity contribution in [1.29, 1.82) is 0 Å². The lowest BCUT2D eigenvalue weighted by Crippen LogP contribution is -2.53. The molecule has 2 atom stereocenters. The van der Waals surface area contributed by atoms with Crippen LogP contribution in [0.5, 0.6) is 0 Å². The molecule has 0 radical (unpaired) electrons. The number of ether oxygens (including phenoxy) is 1. The lowest BCUT2D eigenvalue weighted by Gasteiger charge is -2.39. The van der Waals surface area contributed by atoms with E-state index in [2.05, 4.69) is 35.4 Å². The first-order valence-corrected chi connectivity index (χ1v) is 6.88. The zero-order chi connectivity index (χ0) is 13.0. The SMILES string of the molecule is CN1CCN(C)C(CC(NN)C2=CCCCO2)C1. The maximum Gasteiger partial charge on any atom is 0.110 e. The predicted molar refractivity (Wildman–Crippen MR) is 72.9 cm³/mol. The van der Waals surface area contributed by atoms with Crippen LogP contribution in [-0.4, -0.2) is 62.2 Å². The van der Waals surface area contributed by atoms with E-state index in [1.54, 1.807) is 0 Å². The molecule has 5 nitrogen and oxygen atoms in total. The summed E-state index contributed by atoms with van der Waals surface area (Å²) in [7, 11) is 4.38. The van der Waals surface area contributed by atoms with Gasteiger partial charge in [-0.3, -0.25) is 5.84 Å². The third kappa shape index (κ3) is 3.45. The number of nitrogens with zero attached hydrogens (tertiary/aromatic N) is 2. The first-order valence-electron chi connectivity index (χ1n) is 6.88. The quantitative estimate of drug-likeness (QED) is 0.552. The van der Waals surface area contributed by atoms with Crippen molar-refractivity contribution in [1.82, 2.24) is 15.2 Å². The molecule has 0 bridgehead atoms. The van der Waals surface area contributed by atoms with Crippen LogP contribution in [0.25, 0.3) is 0 Å². The lowest BCUT2D eigenvalue weighted by molar-refractivity contribution is 0.0918. The highest BCUT2D eigenvalue weighted by atomic mass is 16.5. The fraction of sp³-hybridized carbons (Fsp3) is 0.846. The highest BCUT2D eigenvalue weighted by molar-refractivity contribution is 5.06. The molecule has 2 aliphatic heterocycles. The van der Waals surface area contributed by atoms with Gasteiger partial charge in [0.1, 0.15) is 5.76 Å². The number of piperazine rings is 1. The lowest BCUT2D eigenvalue weighted by atomic mass is 10.0. The molecule has 104 valence electrons. The maximum atomic E-state index is 5.72. The highest BCUT2D eigenvalue weighted by Gasteiger charge is 2.27. The second-order valence-corrected chi connectivity index (χ2v) is 5.45. The molecule has 0 aromatic carbocycles. The minimum Gasteiger partial charge on any atom is -0.497 e. The van der Waals surface area contributed by atoms with E-state index in [1.807, 2.05) is 0 Å². The van der Waals surface area contributed by atoms with Crippen LogP contribution in [0.2, 0.25) is 0 Å². The minimum atomic E-state index is 0.143. The van der Waals surface area contributed by atoms with Gasteiger partial charge in [0.05, 0.1) is 12.6 Å². The normalized spacial score (nSPS) is 28.6. The van der Waals surface area contributed by atoms with Gasteiger partial charge in [-0.15, -0.1) is 0 Å². The molecule has 2 rings (SSSR count). The Morgan fingerprint density at radius 1 is 1.50 bits per heavy atom. The first-order chi connectivity index (χ1) is 8.70. The summed E-state index contributed by atoms with van der Waals surface area (Å²) in [6, 6.07) is 0.681. The zero-order valence-electron chi connectivity index (χ0n) is 11.6. The van der Waals surface area contributed by atoms with Crippen LogP contribution in [0.3, 0.4) is 0 Å². The van der Waals surface area contributed by atoms with Crippen molar-refractivity contribution < 1.29 is 4.74 Å². The van der Waals surface area contributed by atoms with Gasteiger partial charge in [0.15, 0.2) is 0 Å². The maximum absolute atomic E-state index is 5.72. The number of allylic oxidation sites excluding steroid dienone is 1. The molecule has 18 heavy (non-hydrogen) atoms. The van der Waals surface area contributed by atoms with E-state index in [9.17, 15) is 0 Å². The monoisotopic (exact) mass is 254 g/mol. The number of nitrogens with one attached hydrogen (secondary N) is 1. The van der Waals surface area contributed by atoms with E-state index in [1.165, 1.54) is 0 Å². The van der Waals surface area contributed by atoms with Gasteiger partial charge < -0.3 is 14.5 Å². The van der Waals surface area contributed by atoms with E-state index >= 15 is 0 Å². The van der Waals surface area contributed by atoms with Gasteiger partial charge in [0.2, 0.25) is 0 Å². The number of hydrogen-bond donors (Lipinski definition) is 2. The van der Waals surface area contributed by atoms with Crippen molar-refractivity contribution >= 4 is 0 Å². The van der Waals surface area contributed by atoms with Gasteiger partial charge in [-0.1, -0.05) is 0 Å². The summed E-state index contributed by atoms with van der Waals surface area (Å²) in [5, 5.41) is 0. The van der Waals surface area contributed by atoms with E-state index in [4.69, 9.17) is 10.6 Å². The topological polar surface area (TPSA) is 53.8 Å². The van der Waals surface area contributed by atoms with Crippen LogP contribution < -0.4 is 11.3 Å². The molecule has 2 unspecified atom stereocenters. The number of likely N-dealkylation sites (N-methyl/N-ethyl adjacent to an activating group) is 2. The molecular formula is C13H26N4O. The molecule has 2 heterocycles. The summed E-state index contributed by atoms with van der Waals surface area (Å²) in [4.78, 5) is 4.81. The Morgan fingerprint density at radius 2 is 2.33 bits per heavy atom. The fourth-order valence-electron chi connectivity index (χ4n) is 2.71. The third-order valence-electron chi connectivity index (χ3n) is 4.00. The van der Waals surface area contributed by atoms with E-state index in [-0.39, 0.29) is 6.04 Å². The standard InChI is InChI=1S/C13H26N4O/c1-16-6-7-17(2)11(10-16)9-12(15-14)13-5-3-4-8-18-13/h5,11-12,15H,3-4,6-10,14H2,1-2H3. The second kappa shape index (κ2) is 6.52. The average molecular weight is 254 g/mol. The molecule has 0 aromatic heterocycles. The molecule has 0 spiro atoms.